The highest BCUT2D eigenvalue weighted by Crippen LogP contribution is 2.26. The Labute approximate surface area is 155 Å². The van der Waals surface area contributed by atoms with E-state index < -0.39 is 0 Å². The maximum atomic E-state index is 12.6. The SMILES string of the molecule is O=C(Cc1ccc(-n2cnnn2)cc1)N1CCC(c2cc(=O)[nH]cn2)CC1. The standard InChI is InChI=1S/C18H19N7O2/c26-17-10-16(19-11-20-17)14-5-7-24(8-6-14)18(27)9-13-1-3-15(4-2-13)25-12-21-22-23-25/h1-4,10-12,14H,5-9H2,(H,19,20,26). The number of rotatable bonds is 4. The second-order valence-electron chi connectivity index (χ2n) is 6.59. The van der Waals surface area contributed by atoms with Crippen molar-refractivity contribution in [1.82, 2.24) is 35.1 Å². The molecular weight excluding hydrogens is 346 g/mol. The minimum Gasteiger partial charge on any atom is -0.342 e. The van der Waals surface area contributed by atoms with E-state index in [1.54, 1.807) is 10.7 Å². The molecule has 9 nitrogen and oxygen atoms in total. The van der Waals surface area contributed by atoms with Crippen molar-refractivity contribution in [3.8, 4) is 5.69 Å². The molecule has 138 valence electrons. The highest BCUT2D eigenvalue weighted by molar-refractivity contribution is 5.79. The molecule has 4 rings (SSSR count). The molecule has 0 atom stereocenters. The lowest BCUT2D eigenvalue weighted by Gasteiger charge is -2.31. The van der Waals surface area contributed by atoms with Gasteiger partial charge in [0, 0.05) is 25.1 Å². The number of benzene rings is 1. The van der Waals surface area contributed by atoms with Gasteiger partial charge in [0.1, 0.15) is 6.33 Å². The fourth-order valence-electron chi connectivity index (χ4n) is 3.36. The second kappa shape index (κ2) is 7.48. The van der Waals surface area contributed by atoms with Crippen LogP contribution in [-0.4, -0.2) is 54.1 Å². The minimum absolute atomic E-state index is 0.113. The molecule has 1 aromatic carbocycles. The van der Waals surface area contributed by atoms with E-state index in [0.29, 0.717) is 19.5 Å². The first kappa shape index (κ1) is 17.1. The molecule has 0 aliphatic carbocycles. The summed E-state index contributed by atoms with van der Waals surface area (Å²) in [5, 5.41) is 11.1. The predicted octanol–water partition coefficient (Wildman–Crippen LogP) is 0.694. The molecule has 1 N–H and O–H groups in total. The van der Waals surface area contributed by atoms with Crippen LogP contribution >= 0.6 is 0 Å². The summed E-state index contributed by atoms with van der Waals surface area (Å²) in [4.78, 5) is 32.7. The van der Waals surface area contributed by atoms with Crippen LogP contribution in [0.2, 0.25) is 0 Å². The van der Waals surface area contributed by atoms with Gasteiger partial charge in [-0.3, -0.25) is 9.59 Å². The van der Waals surface area contributed by atoms with Crippen molar-refractivity contribution in [3.05, 3.63) is 64.6 Å². The summed E-state index contributed by atoms with van der Waals surface area (Å²) in [6, 6.07) is 9.17. The monoisotopic (exact) mass is 365 g/mol. The predicted molar refractivity (Wildman–Crippen MR) is 96.3 cm³/mol. The Bertz CT molecular complexity index is 958. The molecule has 1 aliphatic heterocycles. The smallest absolute Gasteiger partial charge is 0.250 e. The zero-order valence-electron chi connectivity index (χ0n) is 14.7. The number of aromatic amines is 1. The van der Waals surface area contributed by atoms with Gasteiger partial charge < -0.3 is 9.88 Å². The Kier molecular flexibility index (Phi) is 4.73. The average Bonchev–Trinajstić information content (AvgIpc) is 3.23. The van der Waals surface area contributed by atoms with Crippen molar-refractivity contribution in [1.29, 1.82) is 0 Å². The van der Waals surface area contributed by atoms with Crippen molar-refractivity contribution in [3.63, 3.8) is 0 Å². The molecule has 2 aromatic heterocycles. The first-order valence-electron chi connectivity index (χ1n) is 8.84. The number of amides is 1. The van der Waals surface area contributed by atoms with E-state index in [9.17, 15) is 9.59 Å². The maximum absolute atomic E-state index is 12.6. The molecule has 1 aliphatic rings. The van der Waals surface area contributed by atoms with E-state index in [2.05, 4.69) is 25.5 Å². The molecule has 0 unspecified atom stereocenters. The molecule has 27 heavy (non-hydrogen) atoms. The van der Waals surface area contributed by atoms with Crippen LogP contribution < -0.4 is 5.56 Å². The number of aromatic nitrogens is 6. The fraction of sp³-hybridized carbons (Fsp3) is 0.333. The Balaban J connectivity index is 1.33. The van der Waals surface area contributed by atoms with Crippen molar-refractivity contribution >= 4 is 5.91 Å². The van der Waals surface area contributed by atoms with Gasteiger partial charge in [-0.2, -0.15) is 0 Å². The maximum Gasteiger partial charge on any atom is 0.250 e. The lowest BCUT2D eigenvalue weighted by molar-refractivity contribution is -0.131. The first-order valence-corrected chi connectivity index (χ1v) is 8.84. The number of nitrogens with one attached hydrogen (secondary N) is 1. The fourth-order valence-corrected chi connectivity index (χ4v) is 3.36. The van der Waals surface area contributed by atoms with Crippen LogP contribution in [0.3, 0.4) is 0 Å². The molecule has 0 radical (unpaired) electrons. The summed E-state index contributed by atoms with van der Waals surface area (Å²) < 4.78 is 1.57. The van der Waals surface area contributed by atoms with Crippen LogP contribution in [0.25, 0.3) is 5.69 Å². The Morgan fingerprint density at radius 1 is 1.19 bits per heavy atom. The van der Waals surface area contributed by atoms with Gasteiger partial charge in [-0.25, -0.2) is 9.67 Å². The zero-order valence-corrected chi connectivity index (χ0v) is 14.7. The molecule has 0 saturated carbocycles. The zero-order chi connectivity index (χ0) is 18.6. The normalized spacial score (nSPS) is 15.0. The molecule has 0 spiro atoms. The van der Waals surface area contributed by atoms with Gasteiger partial charge in [-0.15, -0.1) is 5.10 Å². The summed E-state index contributed by atoms with van der Waals surface area (Å²) in [6.45, 7) is 1.36. The van der Waals surface area contributed by atoms with Crippen LogP contribution in [0.5, 0.6) is 0 Å². The molecule has 1 saturated heterocycles. The van der Waals surface area contributed by atoms with Gasteiger partial charge in [0.15, 0.2) is 0 Å². The van der Waals surface area contributed by atoms with E-state index in [1.165, 1.54) is 12.7 Å². The number of hydrogen-bond donors (Lipinski definition) is 1. The summed E-state index contributed by atoms with van der Waals surface area (Å²) in [5.41, 5.74) is 2.48. The summed E-state index contributed by atoms with van der Waals surface area (Å²) in [6.07, 6.45) is 4.97. The third-order valence-electron chi connectivity index (χ3n) is 4.87. The van der Waals surface area contributed by atoms with Gasteiger partial charge in [-0.1, -0.05) is 12.1 Å². The Hall–Kier alpha value is -3.36. The minimum atomic E-state index is -0.136. The van der Waals surface area contributed by atoms with E-state index in [0.717, 1.165) is 29.8 Å². The van der Waals surface area contributed by atoms with Gasteiger partial charge in [0.05, 0.1) is 24.1 Å². The third-order valence-corrected chi connectivity index (χ3v) is 4.87. The lowest BCUT2D eigenvalue weighted by atomic mass is 9.93. The van der Waals surface area contributed by atoms with Crippen LogP contribution in [0.15, 0.2) is 47.8 Å². The average molecular weight is 365 g/mol. The molecule has 1 amide bonds. The number of tetrazole rings is 1. The Morgan fingerprint density at radius 2 is 1.96 bits per heavy atom. The number of nitrogens with zero attached hydrogens (tertiary/aromatic N) is 6. The molecule has 1 fully saturated rings. The van der Waals surface area contributed by atoms with Crippen LogP contribution in [0.1, 0.15) is 30.0 Å². The number of hydrogen-bond acceptors (Lipinski definition) is 6. The Morgan fingerprint density at radius 3 is 2.63 bits per heavy atom. The van der Waals surface area contributed by atoms with Gasteiger partial charge >= 0.3 is 0 Å². The topological polar surface area (TPSA) is 110 Å². The second-order valence-corrected chi connectivity index (χ2v) is 6.59. The van der Waals surface area contributed by atoms with E-state index in [1.807, 2.05) is 29.2 Å². The van der Waals surface area contributed by atoms with Gasteiger partial charge in [0.2, 0.25) is 5.91 Å². The largest absolute Gasteiger partial charge is 0.342 e. The number of carbonyl (C=O) groups excluding carboxylic acids is 1. The van der Waals surface area contributed by atoms with Crippen molar-refractivity contribution in [2.45, 2.75) is 25.2 Å². The molecule has 9 heteroatoms. The highest BCUT2D eigenvalue weighted by atomic mass is 16.2. The quantitative estimate of drug-likeness (QED) is 0.729. The molecule has 3 heterocycles. The molecule has 3 aromatic rings. The van der Waals surface area contributed by atoms with Crippen LogP contribution in [0, 0.1) is 0 Å². The van der Waals surface area contributed by atoms with Gasteiger partial charge in [-0.05, 0) is 41.0 Å². The molecule has 0 bridgehead atoms. The van der Waals surface area contributed by atoms with Crippen molar-refractivity contribution in [2.24, 2.45) is 0 Å². The van der Waals surface area contributed by atoms with E-state index in [4.69, 9.17) is 0 Å². The van der Waals surface area contributed by atoms with E-state index >= 15 is 0 Å². The highest BCUT2D eigenvalue weighted by Gasteiger charge is 2.24. The van der Waals surface area contributed by atoms with Crippen molar-refractivity contribution < 1.29 is 4.79 Å². The summed E-state index contributed by atoms with van der Waals surface area (Å²) in [7, 11) is 0. The molecular formula is C18H19N7O2. The van der Waals surface area contributed by atoms with E-state index in [-0.39, 0.29) is 17.4 Å². The first-order chi connectivity index (χ1) is 13.2. The number of H-pyrrole nitrogens is 1. The number of piperidine rings is 1. The number of likely N-dealkylation sites (tertiary alicyclic amines) is 1. The third kappa shape index (κ3) is 3.91. The number of carbonyl (C=O) groups is 1. The van der Waals surface area contributed by atoms with Crippen LogP contribution in [0.4, 0.5) is 0 Å². The summed E-state index contributed by atoms with van der Waals surface area (Å²) in [5.74, 6) is 0.342. The van der Waals surface area contributed by atoms with Gasteiger partial charge in [0.25, 0.3) is 5.56 Å². The lowest BCUT2D eigenvalue weighted by Crippen LogP contribution is -2.39. The summed E-state index contributed by atoms with van der Waals surface area (Å²) >= 11 is 0. The van der Waals surface area contributed by atoms with Crippen LogP contribution in [-0.2, 0) is 11.2 Å². The van der Waals surface area contributed by atoms with Crippen molar-refractivity contribution in [2.75, 3.05) is 13.1 Å².